The van der Waals surface area contributed by atoms with Crippen LogP contribution < -0.4 is 10.6 Å². The first-order chi connectivity index (χ1) is 12.0. The molecule has 0 aliphatic carbocycles. The fraction of sp³-hybridized carbons (Fsp3) is 0.176. The van der Waals surface area contributed by atoms with Crippen molar-refractivity contribution in [3.63, 3.8) is 0 Å². The molecule has 0 fully saturated rings. The summed E-state index contributed by atoms with van der Waals surface area (Å²) >= 11 is 1.38. The standard InChI is InChI=1S/C17H15F3N2O2S/c18-12-6-7-13(17(20)16(12)19)22-14(23)8-21-15(24)10-25-9-11-4-2-1-3-5-11/h1-7H,8-10H2,(H,21,24)(H,22,23). The number of halogens is 3. The van der Waals surface area contributed by atoms with E-state index < -0.39 is 35.6 Å². The molecule has 0 aliphatic rings. The Morgan fingerprint density at radius 1 is 0.920 bits per heavy atom. The lowest BCUT2D eigenvalue weighted by Gasteiger charge is -2.08. The lowest BCUT2D eigenvalue weighted by molar-refractivity contribution is -0.122. The molecule has 25 heavy (non-hydrogen) atoms. The molecule has 0 aromatic heterocycles. The van der Waals surface area contributed by atoms with E-state index in [4.69, 9.17) is 0 Å². The van der Waals surface area contributed by atoms with Crippen molar-refractivity contribution in [1.29, 1.82) is 0 Å². The molecule has 2 amide bonds. The van der Waals surface area contributed by atoms with Crippen LogP contribution in [-0.4, -0.2) is 24.1 Å². The number of carbonyl (C=O) groups excluding carboxylic acids is 2. The van der Waals surface area contributed by atoms with Gasteiger partial charge in [0.05, 0.1) is 18.0 Å². The second-order valence-corrected chi connectivity index (χ2v) is 6.01. The van der Waals surface area contributed by atoms with Crippen molar-refractivity contribution in [3.8, 4) is 0 Å². The molecular formula is C17H15F3N2O2S. The van der Waals surface area contributed by atoms with Crippen molar-refractivity contribution in [1.82, 2.24) is 5.32 Å². The highest BCUT2D eigenvalue weighted by Gasteiger charge is 2.15. The zero-order chi connectivity index (χ0) is 18.2. The van der Waals surface area contributed by atoms with Crippen LogP contribution in [0.4, 0.5) is 18.9 Å². The van der Waals surface area contributed by atoms with Gasteiger partial charge in [0, 0.05) is 5.75 Å². The SMILES string of the molecule is O=C(CSCc1ccccc1)NCC(=O)Nc1ccc(F)c(F)c1F. The van der Waals surface area contributed by atoms with Gasteiger partial charge in [-0.15, -0.1) is 11.8 Å². The van der Waals surface area contributed by atoms with Crippen molar-refractivity contribution in [2.75, 3.05) is 17.6 Å². The molecule has 2 rings (SSSR count). The third-order valence-electron chi connectivity index (χ3n) is 3.10. The molecule has 0 bridgehead atoms. The summed E-state index contributed by atoms with van der Waals surface area (Å²) in [5.74, 6) is -4.80. The summed E-state index contributed by atoms with van der Waals surface area (Å²) in [6, 6.07) is 11.2. The average molecular weight is 368 g/mol. The van der Waals surface area contributed by atoms with Gasteiger partial charge in [-0.2, -0.15) is 0 Å². The summed E-state index contributed by atoms with van der Waals surface area (Å²) in [4.78, 5) is 23.3. The van der Waals surface area contributed by atoms with Crippen molar-refractivity contribution in [3.05, 3.63) is 65.5 Å². The molecule has 132 valence electrons. The van der Waals surface area contributed by atoms with Crippen LogP contribution >= 0.6 is 11.8 Å². The van der Waals surface area contributed by atoms with E-state index in [1.165, 1.54) is 11.8 Å². The Morgan fingerprint density at radius 2 is 1.64 bits per heavy atom. The minimum absolute atomic E-state index is 0.154. The molecule has 0 aliphatic heterocycles. The van der Waals surface area contributed by atoms with Crippen LogP contribution in [0.25, 0.3) is 0 Å². The smallest absolute Gasteiger partial charge is 0.243 e. The normalized spacial score (nSPS) is 10.4. The Labute approximate surface area is 146 Å². The minimum atomic E-state index is -1.67. The highest BCUT2D eigenvalue weighted by Crippen LogP contribution is 2.19. The number of hydrogen-bond acceptors (Lipinski definition) is 3. The van der Waals surface area contributed by atoms with Crippen LogP contribution in [0, 0.1) is 17.5 Å². The summed E-state index contributed by atoms with van der Waals surface area (Å²) < 4.78 is 39.3. The maximum absolute atomic E-state index is 13.4. The van der Waals surface area contributed by atoms with E-state index in [0.29, 0.717) is 11.8 Å². The average Bonchev–Trinajstić information content (AvgIpc) is 2.61. The van der Waals surface area contributed by atoms with Crippen LogP contribution in [0.1, 0.15) is 5.56 Å². The van der Waals surface area contributed by atoms with E-state index >= 15 is 0 Å². The summed E-state index contributed by atoms with van der Waals surface area (Å²) in [6.45, 7) is -0.400. The second-order valence-electron chi connectivity index (χ2n) is 5.03. The lowest BCUT2D eigenvalue weighted by Crippen LogP contribution is -2.34. The minimum Gasteiger partial charge on any atom is -0.346 e. The van der Waals surface area contributed by atoms with Crippen molar-refractivity contribution < 1.29 is 22.8 Å². The second kappa shape index (κ2) is 9.12. The fourth-order valence-electron chi connectivity index (χ4n) is 1.88. The third kappa shape index (κ3) is 5.82. The maximum Gasteiger partial charge on any atom is 0.243 e. The van der Waals surface area contributed by atoms with E-state index in [-0.39, 0.29) is 11.7 Å². The van der Waals surface area contributed by atoms with E-state index in [1.807, 2.05) is 30.3 Å². The molecule has 0 spiro atoms. The number of benzene rings is 2. The van der Waals surface area contributed by atoms with Gasteiger partial charge in [-0.25, -0.2) is 13.2 Å². The molecule has 4 nitrogen and oxygen atoms in total. The van der Waals surface area contributed by atoms with Gasteiger partial charge in [0.2, 0.25) is 11.8 Å². The molecular weight excluding hydrogens is 353 g/mol. The third-order valence-corrected chi connectivity index (χ3v) is 4.10. The number of anilines is 1. The molecule has 2 aromatic carbocycles. The first-order valence-electron chi connectivity index (χ1n) is 7.29. The van der Waals surface area contributed by atoms with Gasteiger partial charge in [-0.05, 0) is 17.7 Å². The number of rotatable bonds is 7. The number of nitrogens with one attached hydrogen (secondary N) is 2. The predicted octanol–water partition coefficient (Wildman–Crippen LogP) is 3.09. The van der Waals surface area contributed by atoms with Gasteiger partial charge in [-0.3, -0.25) is 9.59 Å². The van der Waals surface area contributed by atoms with Crippen molar-refractivity contribution in [2.24, 2.45) is 0 Å². The first-order valence-corrected chi connectivity index (χ1v) is 8.44. The summed E-state index contributed by atoms with van der Waals surface area (Å²) in [5, 5.41) is 4.45. The molecule has 0 saturated heterocycles. The summed E-state index contributed by atoms with van der Waals surface area (Å²) in [6.07, 6.45) is 0. The van der Waals surface area contributed by atoms with Crippen molar-refractivity contribution in [2.45, 2.75) is 5.75 Å². The Balaban J connectivity index is 1.72. The van der Waals surface area contributed by atoms with Crippen LogP contribution in [0.3, 0.4) is 0 Å². The Hall–Kier alpha value is -2.48. The Bertz CT molecular complexity index is 757. The molecule has 0 saturated carbocycles. The van der Waals surface area contributed by atoms with E-state index in [2.05, 4.69) is 10.6 Å². The summed E-state index contributed by atoms with van der Waals surface area (Å²) in [7, 11) is 0. The van der Waals surface area contributed by atoms with Gasteiger partial charge in [0.15, 0.2) is 17.5 Å². The van der Waals surface area contributed by atoms with E-state index in [9.17, 15) is 22.8 Å². The molecule has 2 aromatic rings. The molecule has 0 unspecified atom stereocenters. The molecule has 2 N–H and O–H groups in total. The highest BCUT2D eigenvalue weighted by molar-refractivity contribution is 7.99. The largest absolute Gasteiger partial charge is 0.346 e. The van der Waals surface area contributed by atoms with Crippen molar-refractivity contribution >= 4 is 29.3 Å². The molecule has 0 atom stereocenters. The van der Waals surface area contributed by atoms with Gasteiger partial charge >= 0.3 is 0 Å². The van der Waals surface area contributed by atoms with E-state index in [0.717, 1.165) is 11.6 Å². The number of carbonyl (C=O) groups is 2. The van der Waals surface area contributed by atoms with Crippen LogP contribution in [0.2, 0.25) is 0 Å². The van der Waals surface area contributed by atoms with Gasteiger partial charge in [-0.1, -0.05) is 30.3 Å². The van der Waals surface area contributed by atoms with Crippen LogP contribution in [0.5, 0.6) is 0 Å². The zero-order valence-corrected chi connectivity index (χ0v) is 13.8. The molecule has 8 heteroatoms. The number of hydrogen-bond donors (Lipinski definition) is 2. The zero-order valence-electron chi connectivity index (χ0n) is 13.0. The first kappa shape index (κ1) is 18.9. The lowest BCUT2D eigenvalue weighted by atomic mass is 10.2. The van der Waals surface area contributed by atoms with Gasteiger partial charge in [0.1, 0.15) is 0 Å². The number of amides is 2. The summed E-state index contributed by atoms with van der Waals surface area (Å²) in [5.41, 5.74) is 0.587. The van der Waals surface area contributed by atoms with Crippen LogP contribution in [0.15, 0.2) is 42.5 Å². The topological polar surface area (TPSA) is 58.2 Å². The highest BCUT2D eigenvalue weighted by atomic mass is 32.2. The van der Waals surface area contributed by atoms with Crippen LogP contribution in [-0.2, 0) is 15.3 Å². The quantitative estimate of drug-likeness (QED) is 0.739. The molecule has 0 heterocycles. The maximum atomic E-state index is 13.4. The van der Waals surface area contributed by atoms with Gasteiger partial charge < -0.3 is 10.6 Å². The Morgan fingerprint density at radius 3 is 2.36 bits per heavy atom. The van der Waals surface area contributed by atoms with E-state index in [1.54, 1.807) is 0 Å². The van der Waals surface area contributed by atoms with Gasteiger partial charge in [0.25, 0.3) is 0 Å². The predicted molar refractivity (Wildman–Crippen MR) is 90.6 cm³/mol. The molecule has 0 radical (unpaired) electrons. The monoisotopic (exact) mass is 368 g/mol. The number of thioether (sulfide) groups is 1. The fourth-order valence-corrected chi connectivity index (χ4v) is 2.70. The Kier molecular flexibility index (Phi) is 6.88.